The first-order valence-corrected chi connectivity index (χ1v) is 6.63. The van der Waals surface area contributed by atoms with Crippen LogP contribution in [0, 0.1) is 11.3 Å². The van der Waals surface area contributed by atoms with Crippen LogP contribution in [0.5, 0.6) is 0 Å². The summed E-state index contributed by atoms with van der Waals surface area (Å²) in [6, 6.07) is 0. The van der Waals surface area contributed by atoms with Gasteiger partial charge in [0.2, 0.25) is 5.91 Å². The molecule has 0 spiro atoms. The Balaban J connectivity index is 1.87. The van der Waals surface area contributed by atoms with Crippen molar-refractivity contribution in [3.8, 4) is 0 Å². The Labute approximate surface area is 98.4 Å². The van der Waals surface area contributed by atoms with E-state index in [4.69, 9.17) is 5.73 Å². The smallest absolute Gasteiger partial charge is 0.223 e. The summed E-state index contributed by atoms with van der Waals surface area (Å²) in [5.74, 6) is 1.02. The van der Waals surface area contributed by atoms with Gasteiger partial charge < -0.3 is 10.6 Å². The SMILES string of the molecule is CC1CCCN(C(=O)CC2(CN)CCC2)C1. The highest BCUT2D eigenvalue weighted by Crippen LogP contribution is 2.43. The number of hydrogen-bond donors (Lipinski definition) is 1. The Morgan fingerprint density at radius 3 is 2.69 bits per heavy atom. The highest BCUT2D eigenvalue weighted by molar-refractivity contribution is 5.77. The maximum atomic E-state index is 12.2. The fourth-order valence-corrected chi connectivity index (χ4v) is 2.98. The van der Waals surface area contributed by atoms with Crippen molar-refractivity contribution >= 4 is 5.91 Å². The lowest BCUT2D eigenvalue weighted by Crippen LogP contribution is -2.45. The molecule has 0 aromatic rings. The zero-order chi connectivity index (χ0) is 11.6. The average molecular weight is 224 g/mol. The molecule has 0 radical (unpaired) electrons. The van der Waals surface area contributed by atoms with Gasteiger partial charge in [-0.3, -0.25) is 4.79 Å². The third-order valence-corrected chi connectivity index (χ3v) is 4.38. The van der Waals surface area contributed by atoms with Crippen LogP contribution in [-0.4, -0.2) is 30.4 Å². The van der Waals surface area contributed by atoms with E-state index in [0.717, 1.165) is 25.9 Å². The zero-order valence-corrected chi connectivity index (χ0v) is 10.4. The molecule has 0 aromatic heterocycles. The van der Waals surface area contributed by atoms with Gasteiger partial charge in [0.05, 0.1) is 0 Å². The minimum atomic E-state index is 0.164. The van der Waals surface area contributed by atoms with Crippen molar-refractivity contribution in [2.45, 2.75) is 45.4 Å². The summed E-state index contributed by atoms with van der Waals surface area (Å²) >= 11 is 0. The van der Waals surface area contributed by atoms with Crippen molar-refractivity contribution in [1.82, 2.24) is 4.90 Å². The first kappa shape index (κ1) is 11.9. The number of hydrogen-bond acceptors (Lipinski definition) is 2. The quantitative estimate of drug-likeness (QED) is 0.794. The number of likely N-dealkylation sites (tertiary alicyclic amines) is 1. The topological polar surface area (TPSA) is 46.3 Å². The normalized spacial score (nSPS) is 28.6. The van der Waals surface area contributed by atoms with E-state index in [9.17, 15) is 4.79 Å². The maximum Gasteiger partial charge on any atom is 0.223 e. The van der Waals surface area contributed by atoms with Gasteiger partial charge in [-0.2, -0.15) is 0 Å². The molecule has 1 saturated carbocycles. The summed E-state index contributed by atoms with van der Waals surface area (Å²) in [7, 11) is 0. The molecule has 2 N–H and O–H groups in total. The summed E-state index contributed by atoms with van der Waals surface area (Å²) in [4.78, 5) is 14.2. The summed E-state index contributed by atoms with van der Waals surface area (Å²) in [6.45, 7) is 4.84. The molecule has 0 bridgehead atoms. The van der Waals surface area contributed by atoms with Crippen LogP contribution in [0.3, 0.4) is 0 Å². The van der Waals surface area contributed by atoms with Gasteiger partial charge in [-0.05, 0) is 43.6 Å². The number of nitrogens with zero attached hydrogens (tertiary/aromatic N) is 1. The molecule has 1 amide bonds. The average Bonchev–Trinajstić information content (AvgIpc) is 2.23. The second kappa shape index (κ2) is 4.74. The maximum absolute atomic E-state index is 12.2. The van der Waals surface area contributed by atoms with Crippen molar-refractivity contribution in [2.24, 2.45) is 17.1 Å². The number of carbonyl (C=O) groups is 1. The number of piperidine rings is 1. The Kier molecular flexibility index (Phi) is 3.53. The predicted molar refractivity (Wildman–Crippen MR) is 64.9 cm³/mol. The molecule has 92 valence electrons. The van der Waals surface area contributed by atoms with Gasteiger partial charge in [0, 0.05) is 19.5 Å². The largest absolute Gasteiger partial charge is 0.342 e. The number of amides is 1. The van der Waals surface area contributed by atoms with Gasteiger partial charge in [0.15, 0.2) is 0 Å². The van der Waals surface area contributed by atoms with Crippen molar-refractivity contribution in [3.05, 3.63) is 0 Å². The molecule has 1 atom stereocenters. The van der Waals surface area contributed by atoms with Gasteiger partial charge in [0.25, 0.3) is 0 Å². The van der Waals surface area contributed by atoms with Crippen LogP contribution in [0.15, 0.2) is 0 Å². The molecule has 16 heavy (non-hydrogen) atoms. The summed E-state index contributed by atoms with van der Waals surface area (Å²) < 4.78 is 0. The standard InChI is InChI=1S/C13H24N2O/c1-11-4-2-7-15(9-11)12(16)8-13(10-14)5-3-6-13/h11H,2-10,14H2,1H3. The Bertz CT molecular complexity index is 255. The molecule has 1 aliphatic carbocycles. The van der Waals surface area contributed by atoms with E-state index in [1.54, 1.807) is 0 Å². The molecular formula is C13H24N2O. The summed E-state index contributed by atoms with van der Waals surface area (Å²) in [5, 5.41) is 0. The number of nitrogens with two attached hydrogens (primary N) is 1. The number of rotatable bonds is 3. The Morgan fingerprint density at radius 1 is 1.44 bits per heavy atom. The highest BCUT2D eigenvalue weighted by Gasteiger charge is 2.38. The van der Waals surface area contributed by atoms with Gasteiger partial charge in [-0.15, -0.1) is 0 Å². The Hall–Kier alpha value is -0.570. The van der Waals surface area contributed by atoms with Crippen LogP contribution in [0.2, 0.25) is 0 Å². The lowest BCUT2D eigenvalue weighted by molar-refractivity contribution is -0.136. The second-order valence-corrected chi connectivity index (χ2v) is 5.82. The van der Waals surface area contributed by atoms with Gasteiger partial charge in [-0.1, -0.05) is 13.3 Å². The van der Waals surface area contributed by atoms with Crippen LogP contribution >= 0.6 is 0 Å². The summed E-state index contributed by atoms with van der Waals surface area (Å²) in [6.07, 6.45) is 6.68. The van der Waals surface area contributed by atoms with Gasteiger partial charge >= 0.3 is 0 Å². The van der Waals surface area contributed by atoms with E-state index in [2.05, 4.69) is 11.8 Å². The molecule has 2 fully saturated rings. The molecule has 1 heterocycles. The van der Waals surface area contributed by atoms with E-state index in [1.165, 1.54) is 19.3 Å². The lowest BCUT2D eigenvalue weighted by atomic mass is 9.66. The fourth-order valence-electron chi connectivity index (χ4n) is 2.98. The first-order chi connectivity index (χ1) is 7.65. The minimum Gasteiger partial charge on any atom is -0.342 e. The van der Waals surface area contributed by atoms with E-state index in [1.807, 2.05) is 0 Å². The summed E-state index contributed by atoms with van der Waals surface area (Å²) in [5.41, 5.74) is 5.97. The van der Waals surface area contributed by atoms with Crippen LogP contribution in [0.4, 0.5) is 0 Å². The van der Waals surface area contributed by atoms with E-state index < -0.39 is 0 Å². The lowest BCUT2D eigenvalue weighted by Gasteiger charge is -2.42. The van der Waals surface area contributed by atoms with E-state index in [-0.39, 0.29) is 5.41 Å². The minimum absolute atomic E-state index is 0.164. The zero-order valence-electron chi connectivity index (χ0n) is 10.4. The van der Waals surface area contributed by atoms with Crippen LogP contribution in [-0.2, 0) is 4.79 Å². The molecule has 1 unspecified atom stereocenters. The number of carbonyl (C=O) groups excluding carboxylic acids is 1. The second-order valence-electron chi connectivity index (χ2n) is 5.82. The molecule has 1 aliphatic heterocycles. The van der Waals surface area contributed by atoms with Gasteiger partial charge in [0.1, 0.15) is 0 Å². The van der Waals surface area contributed by atoms with Gasteiger partial charge in [-0.25, -0.2) is 0 Å². The molecule has 2 rings (SSSR count). The van der Waals surface area contributed by atoms with Crippen LogP contribution < -0.4 is 5.73 Å². The fraction of sp³-hybridized carbons (Fsp3) is 0.923. The van der Waals surface area contributed by atoms with Crippen LogP contribution in [0.1, 0.15) is 45.4 Å². The predicted octanol–water partition coefficient (Wildman–Crippen LogP) is 1.76. The molecule has 2 aliphatic rings. The van der Waals surface area contributed by atoms with Crippen molar-refractivity contribution in [1.29, 1.82) is 0 Å². The highest BCUT2D eigenvalue weighted by atomic mass is 16.2. The molecule has 3 heteroatoms. The van der Waals surface area contributed by atoms with E-state index >= 15 is 0 Å². The van der Waals surface area contributed by atoms with Crippen LogP contribution in [0.25, 0.3) is 0 Å². The molecule has 1 saturated heterocycles. The monoisotopic (exact) mass is 224 g/mol. The molecular weight excluding hydrogens is 200 g/mol. The van der Waals surface area contributed by atoms with Crippen molar-refractivity contribution in [2.75, 3.05) is 19.6 Å². The third-order valence-electron chi connectivity index (χ3n) is 4.38. The van der Waals surface area contributed by atoms with Crippen molar-refractivity contribution in [3.63, 3.8) is 0 Å². The molecule has 3 nitrogen and oxygen atoms in total. The Morgan fingerprint density at radius 2 is 2.19 bits per heavy atom. The third kappa shape index (κ3) is 2.40. The first-order valence-electron chi connectivity index (χ1n) is 6.63. The van der Waals surface area contributed by atoms with E-state index in [0.29, 0.717) is 24.8 Å². The molecule has 0 aromatic carbocycles. The van der Waals surface area contributed by atoms with Crippen molar-refractivity contribution < 1.29 is 4.79 Å².